The van der Waals surface area contributed by atoms with Crippen molar-refractivity contribution in [1.82, 2.24) is 28.6 Å². The second-order valence-corrected chi connectivity index (χ2v) is 30.3. The van der Waals surface area contributed by atoms with Crippen molar-refractivity contribution in [2.45, 2.75) is 155 Å². The van der Waals surface area contributed by atoms with Crippen LogP contribution in [0.4, 0.5) is 9.59 Å². The van der Waals surface area contributed by atoms with Gasteiger partial charge in [0, 0.05) is 136 Å². The van der Waals surface area contributed by atoms with Crippen LogP contribution in [0.5, 0.6) is 0 Å². The third-order valence-electron chi connectivity index (χ3n) is 14.5. The number of hydrogen-bond acceptors (Lipinski definition) is 17. The summed E-state index contributed by atoms with van der Waals surface area (Å²) in [5.74, 6) is -1.52. The molecule has 4 atom stereocenters. The molecule has 3 radical (unpaired) electrons. The maximum absolute atomic E-state index is 13.0. The molecule has 8 rings (SSSR count). The third kappa shape index (κ3) is 31.9. The van der Waals surface area contributed by atoms with Crippen LogP contribution in [0.2, 0.25) is 20.1 Å². The number of likely N-dealkylation sites (tertiary alicyclic amines) is 2. The number of piperidine rings is 2. The van der Waals surface area contributed by atoms with E-state index in [9.17, 15) is 45.6 Å². The summed E-state index contributed by atoms with van der Waals surface area (Å²) in [5, 5.41) is 6.21. The van der Waals surface area contributed by atoms with Gasteiger partial charge in [-0.3, -0.25) is 14.5 Å². The van der Waals surface area contributed by atoms with Gasteiger partial charge >= 0.3 is 53.7 Å². The van der Waals surface area contributed by atoms with Gasteiger partial charge in [0.2, 0.25) is 26.0 Å². The van der Waals surface area contributed by atoms with Gasteiger partial charge in [-0.05, 0) is 151 Å². The maximum Gasteiger partial charge on any atom is 1.00 e. The number of nitrogens with one attached hydrogen (secondary N) is 1. The quantitative estimate of drug-likeness (QED) is 0.0892. The second-order valence-electron chi connectivity index (χ2n) is 24.7. The summed E-state index contributed by atoms with van der Waals surface area (Å²) in [6.07, 6.45) is 7.26. The zero-order valence-corrected chi connectivity index (χ0v) is 61.9. The van der Waals surface area contributed by atoms with Crippen molar-refractivity contribution >= 4 is 110 Å². The monoisotopic (exact) mass is 1420 g/mol. The number of Topliss-reactive ketones (excluding diaryl/α,β-unsaturated/α-hetero) is 1. The van der Waals surface area contributed by atoms with E-state index in [2.05, 4.69) is 32.7 Å². The number of carbonyl (C=O) groups is 6. The third-order valence-corrected chi connectivity index (χ3v) is 18.1. The van der Waals surface area contributed by atoms with Crippen LogP contribution >= 0.6 is 46.4 Å². The number of rotatable bonds is 11. The number of halogens is 4. The van der Waals surface area contributed by atoms with Crippen molar-refractivity contribution in [1.29, 1.82) is 0 Å². The number of hydrogen-bond donors (Lipinski definition) is 1. The summed E-state index contributed by atoms with van der Waals surface area (Å²) in [7, 11) is -2.40. The first-order valence-electron chi connectivity index (χ1n) is 30.0. The van der Waals surface area contributed by atoms with Gasteiger partial charge in [-0.25, -0.2) is 45.8 Å². The number of amides is 2. The van der Waals surface area contributed by atoms with Gasteiger partial charge in [-0.15, -0.1) is 0 Å². The average molecular weight is 1420 g/mol. The molecule has 4 fully saturated rings. The minimum atomic E-state index is -3.44. The van der Waals surface area contributed by atoms with Crippen molar-refractivity contribution in [3.8, 4) is 0 Å². The van der Waals surface area contributed by atoms with Crippen molar-refractivity contribution in [3.05, 3.63) is 139 Å². The van der Waals surface area contributed by atoms with Gasteiger partial charge in [0.15, 0.2) is 0 Å². The SMILES string of the molecule is CC(=O)OOC(C)=O.CC(C)(C)OC(=O)N1CCC(=O)CC1.CC(C)(C)OC(=O)N1CCC(N2CC(Cc3ccc(Cl)cc3)N(S(C)(=O)=O)CC2Cc2ccc(Cl)cc2)CC1.CS(=O)(=O)N1CC(Cc2ccc(Cl)cc2)NCC1Cc1ccc(Cl)cc1.[B-]OC(C)=O.[Na+]. The number of piperazine rings is 2. The molecule has 2 amide bonds. The molecule has 0 spiro atoms. The van der Waals surface area contributed by atoms with Crippen LogP contribution in [-0.2, 0) is 88.8 Å². The fourth-order valence-electron chi connectivity index (χ4n) is 10.4. The number of sulfonamides is 2. The standard InChI is InChI=1S/C29H39Cl2N3O4S.C19H22Cl2N2O2S.C10H17NO3.C4H6O4.C2H3BO2.Na/c1-29(2,3)38-28(35)32-15-13-25(14-16-32)33-19-27(18-22-7-11-24(31)12-8-22)34(39(4,36)37)20-26(33)17-21-5-9-23(30)10-6-21;1-26(24,25)23-13-18(10-14-2-6-16(20)7-3-14)22-12-19(23)11-15-4-8-17(21)9-5-15;1-10(2,3)14-9(13)11-6-4-8(12)5-7-11;1-3(5)7-8-4(2)6;1-2(4)5-3;/h5-12,25-27H,13-20H2,1-4H3;2-9,18-19,22H,10-13H2,1H3;4-7H2,1-3H3;1-2H3;1H3;/q;;;;-1;+1. The first-order valence-corrected chi connectivity index (χ1v) is 35.2. The molecule has 4 unspecified atom stereocenters. The fraction of sp³-hybridized carbons (Fsp3) is 0.531. The van der Waals surface area contributed by atoms with Crippen LogP contribution in [-0.4, -0.2) is 190 Å². The Kier molecular flexibility index (Phi) is 34.7. The van der Waals surface area contributed by atoms with Crippen molar-refractivity contribution in [2.75, 3.05) is 64.9 Å². The van der Waals surface area contributed by atoms with E-state index < -0.39 is 49.2 Å². The van der Waals surface area contributed by atoms with Crippen molar-refractivity contribution < 1.29 is 99.1 Å². The van der Waals surface area contributed by atoms with E-state index in [1.807, 2.05) is 139 Å². The molecule has 93 heavy (non-hydrogen) atoms. The fourth-order valence-corrected chi connectivity index (χ4v) is 13.1. The molecule has 4 heterocycles. The summed E-state index contributed by atoms with van der Waals surface area (Å²) in [6, 6.07) is 30.6. The molecule has 507 valence electrons. The molecule has 4 aliphatic rings. The summed E-state index contributed by atoms with van der Waals surface area (Å²) >= 11 is 24.1. The Morgan fingerprint density at radius 2 is 0.849 bits per heavy atom. The Labute approximate surface area is 592 Å². The van der Waals surface area contributed by atoms with Crippen molar-refractivity contribution in [2.24, 2.45) is 0 Å². The number of benzene rings is 4. The summed E-state index contributed by atoms with van der Waals surface area (Å²) in [5.41, 5.74) is 3.38. The van der Waals surface area contributed by atoms with Crippen LogP contribution in [0.1, 0.15) is 110 Å². The molecule has 4 aromatic rings. The summed E-state index contributed by atoms with van der Waals surface area (Å²) < 4.78 is 68.4. The first kappa shape index (κ1) is 82.7. The van der Waals surface area contributed by atoms with E-state index in [0.29, 0.717) is 105 Å². The van der Waals surface area contributed by atoms with Gasteiger partial charge in [0.1, 0.15) is 17.0 Å². The molecule has 0 saturated carbocycles. The molecule has 29 heteroatoms. The van der Waals surface area contributed by atoms with E-state index in [-0.39, 0.29) is 77.7 Å². The summed E-state index contributed by atoms with van der Waals surface area (Å²) in [6.45, 7) is 19.0. The Morgan fingerprint density at radius 3 is 1.19 bits per heavy atom. The Balaban J connectivity index is 0.000000356. The molecule has 0 bridgehead atoms. The zero-order chi connectivity index (χ0) is 68.7. The van der Waals surface area contributed by atoms with E-state index >= 15 is 0 Å². The number of ether oxygens (including phenoxy) is 2. The molecular weight excluding hydrogens is 1330 g/mol. The molecule has 21 nitrogen and oxygen atoms in total. The first-order chi connectivity index (χ1) is 42.9. The van der Waals surface area contributed by atoms with E-state index in [1.54, 1.807) is 18.4 Å². The minimum Gasteiger partial charge on any atom is -0.793 e. The predicted molar refractivity (Wildman–Crippen MR) is 358 cm³/mol. The Hall–Kier alpha value is -4.54. The van der Waals surface area contributed by atoms with E-state index in [1.165, 1.54) is 19.4 Å². The van der Waals surface area contributed by atoms with Crippen molar-refractivity contribution in [3.63, 3.8) is 0 Å². The van der Waals surface area contributed by atoms with E-state index in [0.717, 1.165) is 55.4 Å². The molecular formula is C64H87BCl4N6NaO15S2. The van der Waals surface area contributed by atoms with Gasteiger partial charge in [-0.1, -0.05) is 94.9 Å². The van der Waals surface area contributed by atoms with Crippen LogP contribution in [0.3, 0.4) is 0 Å². The maximum atomic E-state index is 13.0. The van der Waals surface area contributed by atoms with Crippen LogP contribution in [0, 0.1) is 0 Å². The topological polar surface area (TPSA) is 245 Å². The smallest absolute Gasteiger partial charge is 0.793 e. The number of carbonyl (C=O) groups excluding carboxylic acids is 6. The normalized spacial score (nSPS) is 19.1. The minimum absolute atomic E-state index is 0. The van der Waals surface area contributed by atoms with E-state index in [4.69, 9.17) is 55.9 Å². The number of ketones is 1. The van der Waals surface area contributed by atoms with Crippen LogP contribution in [0.15, 0.2) is 97.1 Å². The van der Waals surface area contributed by atoms with Gasteiger partial charge in [-0.2, -0.15) is 8.61 Å². The molecule has 4 saturated heterocycles. The van der Waals surface area contributed by atoms with Crippen LogP contribution in [0.25, 0.3) is 0 Å². The molecule has 4 aromatic carbocycles. The van der Waals surface area contributed by atoms with Crippen LogP contribution < -0.4 is 34.9 Å². The predicted octanol–water partition coefficient (Wildman–Crippen LogP) is 7.12. The molecule has 0 aliphatic carbocycles. The summed E-state index contributed by atoms with van der Waals surface area (Å²) in [4.78, 5) is 77.8. The van der Waals surface area contributed by atoms with Gasteiger partial charge < -0.3 is 37.3 Å². The average Bonchev–Trinajstić information content (AvgIpc) is 1.67. The second kappa shape index (κ2) is 39.0. The zero-order valence-electron chi connectivity index (χ0n) is 55.2. The Bertz CT molecular complexity index is 3250. The number of nitrogens with zero attached hydrogens (tertiary/aromatic N) is 5. The molecule has 0 aromatic heterocycles. The molecule has 4 aliphatic heterocycles. The largest absolute Gasteiger partial charge is 1.00 e. The molecule has 1 N–H and O–H groups in total. The van der Waals surface area contributed by atoms with Gasteiger partial charge in [0.05, 0.1) is 12.5 Å². The van der Waals surface area contributed by atoms with Gasteiger partial charge in [0.25, 0.3) is 0 Å². The Morgan fingerprint density at radius 1 is 0.516 bits per heavy atom.